The van der Waals surface area contributed by atoms with Gasteiger partial charge in [-0.1, -0.05) is 18.2 Å². The standard InChI is InChI=1S/C24H27N3O5/c1-30-21-14-18(15-22(31-2)24(21)32-3)23-20-10-6-11-25(20)12-7-13-26(23)16-17-8-4-5-9-19(17)27(28)29/h4-6,8-11,14-15,23H,7,12-13,16H2,1-3H3/t23-/m1/s1. The van der Waals surface area contributed by atoms with Crippen LogP contribution >= 0.6 is 0 Å². The Bertz CT molecular complexity index is 1090. The third-order valence-corrected chi connectivity index (χ3v) is 5.92. The third kappa shape index (κ3) is 4.01. The molecule has 0 saturated heterocycles. The molecule has 1 aliphatic heterocycles. The second-order valence-corrected chi connectivity index (χ2v) is 7.70. The van der Waals surface area contributed by atoms with E-state index in [0.717, 1.165) is 30.8 Å². The lowest BCUT2D eigenvalue weighted by molar-refractivity contribution is -0.385. The summed E-state index contributed by atoms with van der Waals surface area (Å²) in [7, 11) is 4.78. The number of hydrogen-bond acceptors (Lipinski definition) is 6. The Hall–Kier alpha value is -3.52. The minimum absolute atomic E-state index is 0.135. The topological polar surface area (TPSA) is 79.0 Å². The number of para-hydroxylation sites is 1. The summed E-state index contributed by atoms with van der Waals surface area (Å²) in [5.41, 5.74) is 2.92. The van der Waals surface area contributed by atoms with Gasteiger partial charge in [0.1, 0.15) is 0 Å². The molecule has 32 heavy (non-hydrogen) atoms. The lowest BCUT2D eigenvalue weighted by Gasteiger charge is -2.31. The minimum atomic E-state index is -0.315. The molecule has 2 heterocycles. The molecule has 8 heteroatoms. The van der Waals surface area contributed by atoms with Gasteiger partial charge in [0.15, 0.2) is 11.5 Å². The van der Waals surface area contributed by atoms with Crippen molar-refractivity contribution < 1.29 is 19.1 Å². The predicted octanol–water partition coefficient (Wildman–Crippen LogP) is 4.42. The van der Waals surface area contributed by atoms with Crippen molar-refractivity contribution in [2.24, 2.45) is 0 Å². The van der Waals surface area contributed by atoms with Crippen molar-refractivity contribution >= 4 is 5.69 Å². The van der Waals surface area contributed by atoms with Crippen molar-refractivity contribution in [1.82, 2.24) is 9.47 Å². The van der Waals surface area contributed by atoms with Gasteiger partial charge in [-0.25, -0.2) is 0 Å². The normalized spacial score (nSPS) is 16.2. The number of nitro groups is 1. The Morgan fingerprint density at radius 3 is 2.38 bits per heavy atom. The SMILES string of the molecule is COc1cc([C@@H]2c3cccn3CCCN2Cc2ccccc2[N+](=O)[O-])cc(OC)c1OC. The van der Waals surface area contributed by atoms with Crippen LogP contribution in [0.15, 0.2) is 54.7 Å². The summed E-state index contributed by atoms with van der Waals surface area (Å²) in [5.74, 6) is 1.69. The number of nitrogens with zero attached hydrogens (tertiary/aromatic N) is 3. The maximum absolute atomic E-state index is 11.6. The first kappa shape index (κ1) is 21.7. The summed E-state index contributed by atoms with van der Waals surface area (Å²) >= 11 is 0. The van der Waals surface area contributed by atoms with Gasteiger partial charge < -0.3 is 18.8 Å². The van der Waals surface area contributed by atoms with E-state index in [1.165, 1.54) is 0 Å². The highest BCUT2D eigenvalue weighted by Crippen LogP contribution is 2.43. The first-order chi connectivity index (χ1) is 15.6. The van der Waals surface area contributed by atoms with Crippen LogP contribution in [0.2, 0.25) is 0 Å². The van der Waals surface area contributed by atoms with Crippen molar-refractivity contribution in [3.05, 3.63) is 81.7 Å². The second kappa shape index (κ2) is 9.32. The van der Waals surface area contributed by atoms with Gasteiger partial charge in [0, 0.05) is 43.2 Å². The van der Waals surface area contributed by atoms with Crippen molar-refractivity contribution in [1.29, 1.82) is 0 Å². The number of nitro benzene ring substituents is 1. The smallest absolute Gasteiger partial charge is 0.273 e. The summed E-state index contributed by atoms with van der Waals surface area (Å²) in [4.78, 5) is 13.6. The van der Waals surface area contributed by atoms with E-state index in [4.69, 9.17) is 14.2 Å². The van der Waals surface area contributed by atoms with Crippen LogP contribution in [0.5, 0.6) is 17.2 Å². The molecule has 0 spiro atoms. The first-order valence-electron chi connectivity index (χ1n) is 10.5. The number of fused-ring (bicyclic) bond motifs is 1. The Labute approximate surface area is 187 Å². The van der Waals surface area contributed by atoms with E-state index >= 15 is 0 Å². The lowest BCUT2D eigenvalue weighted by atomic mass is 9.99. The summed E-state index contributed by atoms with van der Waals surface area (Å²) in [6.45, 7) is 2.12. The van der Waals surface area contributed by atoms with E-state index in [1.54, 1.807) is 33.5 Å². The Balaban J connectivity index is 1.84. The number of aromatic nitrogens is 1. The van der Waals surface area contributed by atoms with Crippen LogP contribution in [0.1, 0.15) is 29.3 Å². The van der Waals surface area contributed by atoms with Gasteiger partial charge in [0.2, 0.25) is 5.75 Å². The summed E-state index contributed by atoms with van der Waals surface area (Å²) in [5, 5.41) is 11.6. The molecule has 0 N–H and O–H groups in total. The summed E-state index contributed by atoms with van der Waals surface area (Å²) in [6.07, 6.45) is 3.01. The Morgan fingerprint density at radius 2 is 1.72 bits per heavy atom. The largest absolute Gasteiger partial charge is 0.493 e. The maximum Gasteiger partial charge on any atom is 0.273 e. The number of benzene rings is 2. The molecule has 0 aliphatic carbocycles. The van der Waals surface area contributed by atoms with E-state index in [-0.39, 0.29) is 16.7 Å². The van der Waals surface area contributed by atoms with Gasteiger partial charge >= 0.3 is 0 Å². The Morgan fingerprint density at radius 1 is 1.00 bits per heavy atom. The molecule has 0 saturated carbocycles. The molecule has 0 fully saturated rings. The average Bonchev–Trinajstić information content (AvgIpc) is 3.19. The van der Waals surface area contributed by atoms with Crippen LogP contribution < -0.4 is 14.2 Å². The molecule has 0 amide bonds. The second-order valence-electron chi connectivity index (χ2n) is 7.70. The highest BCUT2D eigenvalue weighted by Gasteiger charge is 2.30. The van der Waals surface area contributed by atoms with Crippen LogP contribution in [0.25, 0.3) is 0 Å². The maximum atomic E-state index is 11.6. The molecule has 1 aliphatic rings. The van der Waals surface area contributed by atoms with Gasteiger partial charge in [0.25, 0.3) is 5.69 Å². The summed E-state index contributed by atoms with van der Waals surface area (Å²) < 4.78 is 18.9. The fraction of sp³-hybridized carbons (Fsp3) is 0.333. The van der Waals surface area contributed by atoms with E-state index < -0.39 is 0 Å². The quantitative estimate of drug-likeness (QED) is 0.402. The molecule has 0 radical (unpaired) electrons. The molecule has 2 aromatic carbocycles. The van der Waals surface area contributed by atoms with Crippen molar-refractivity contribution in [2.45, 2.75) is 25.6 Å². The number of ether oxygens (including phenoxy) is 3. The zero-order chi connectivity index (χ0) is 22.7. The molecule has 8 nitrogen and oxygen atoms in total. The van der Waals surface area contributed by atoms with Gasteiger partial charge in [-0.3, -0.25) is 15.0 Å². The van der Waals surface area contributed by atoms with Crippen molar-refractivity contribution in [2.75, 3.05) is 27.9 Å². The summed E-state index contributed by atoms with van der Waals surface area (Å²) in [6, 6.07) is 14.9. The van der Waals surface area contributed by atoms with E-state index in [9.17, 15) is 10.1 Å². The lowest BCUT2D eigenvalue weighted by Crippen LogP contribution is -2.30. The average molecular weight is 437 g/mol. The third-order valence-electron chi connectivity index (χ3n) is 5.92. The number of methoxy groups -OCH3 is 3. The highest BCUT2D eigenvalue weighted by atomic mass is 16.6. The molecule has 4 rings (SSSR count). The fourth-order valence-corrected chi connectivity index (χ4v) is 4.49. The fourth-order valence-electron chi connectivity index (χ4n) is 4.49. The highest BCUT2D eigenvalue weighted by molar-refractivity contribution is 5.55. The monoisotopic (exact) mass is 437 g/mol. The number of rotatable bonds is 7. The first-order valence-corrected chi connectivity index (χ1v) is 10.5. The minimum Gasteiger partial charge on any atom is -0.493 e. The number of hydrogen-bond donors (Lipinski definition) is 0. The molecular weight excluding hydrogens is 410 g/mol. The molecule has 0 unspecified atom stereocenters. The molecule has 0 bridgehead atoms. The van der Waals surface area contributed by atoms with Gasteiger partial charge in [-0.05, 0) is 36.2 Å². The molecular formula is C24H27N3O5. The van der Waals surface area contributed by atoms with Gasteiger partial charge in [-0.2, -0.15) is 0 Å². The van der Waals surface area contributed by atoms with Crippen LogP contribution in [0.3, 0.4) is 0 Å². The molecule has 1 atom stereocenters. The van der Waals surface area contributed by atoms with Crippen LogP contribution in [-0.4, -0.2) is 42.3 Å². The van der Waals surface area contributed by atoms with Crippen LogP contribution in [0.4, 0.5) is 5.69 Å². The molecule has 168 valence electrons. The van der Waals surface area contributed by atoms with E-state index in [2.05, 4.69) is 21.7 Å². The zero-order valence-electron chi connectivity index (χ0n) is 18.5. The van der Waals surface area contributed by atoms with Crippen LogP contribution in [-0.2, 0) is 13.1 Å². The van der Waals surface area contributed by atoms with Gasteiger partial charge in [0.05, 0.1) is 32.3 Å². The molecule has 3 aromatic rings. The van der Waals surface area contributed by atoms with E-state index in [0.29, 0.717) is 29.4 Å². The Kier molecular flexibility index (Phi) is 6.32. The van der Waals surface area contributed by atoms with Gasteiger partial charge in [-0.15, -0.1) is 0 Å². The predicted molar refractivity (Wildman–Crippen MR) is 120 cm³/mol. The van der Waals surface area contributed by atoms with E-state index in [1.807, 2.05) is 30.3 Å². The van der Waals surface area contributed by atoms with Crippen molar-refractivity contribution in [3.63, 3.8) is 0 Å². The molecule has 1 aromatic heterocycles. The zero-order valence-corrected chi connectivity index (χ0v) is 18.5. The van der Waals surface area contributed by atoms with Crippen molar-refractivity contribution in [3.8, 4) is 17.2 Å². The van der Waals surface area contributed by atoms with Crippen LogP contribution in [0, 0.1) is 10.1 Å². The number of aryl methyl sites for hydroxylation is 1.